The number of para-hydroxylation sites is 2. The zero-order valence-electron chi connectivity index (χ0n) is 11.7. The highest BCUT2D eigenvalue weighted by Crippen LogP contribution is 2.23. The number of carbonyl (C=O) groups is 1. The third-order valence-electron chi connectivity index (χ3n) is 3.70. The van der Waals surface area contributed by atoms with Gasteiger partial charge in [0.05, 0.1) is 11.0 Å². The van der Waals surface area contributed by atoms with Crippen LogP contribution in [0, 0.1) is 11.3 Å². The summed E-state index contributed by atoms with van der Waals surface area (Å²) in [7, 11) is 0. The summed E-state index contributed by atoms with van der Waals surface area (Å²) in [6.07, 6.45) is 0. The first-order chi connectivity index (χ1) is 11.2. The Hall–Kier alpha value is -3.10. The van der Waals surface area contributed by atoms with E-state index in [-0.39, 0.29) is 17.0 Å². The lowest BCUT2D eigenvalue weighted by Gasteiger charge is -1.99. The van der Waals surface area contributed by atoms with Crippen molar-refractivity contribution in [2.24, 2.45) is 0 Å². The molecule has 2 aromatic heterocycles. The minimum Gasteiger partial charge on any atom is -0.287 e. The van der Waals surface area contributed by atoms with Gasteiger partial charge in [-0.05, 0) is 36.4 Å². The maximum atomic E-state index is 12.7. The van der Waals surface area contributed by atoms with Gasteiger partial charge in [0.2, 0.25) is 5.78 Å². The second-order valence-electron chi connectivity index (χ2n) is 5.07. The molecular weight excluding hydrogens is 312 g/mol. The Balaban J connectivity index is 1.95. The number of imidazole rings is 1. The van der Waals surface area contributed by atoms with Gasteiger partial charge in [-0.2, -0.15) is 5.26 Å². The van der Waals surface area contributed by atoms with Crippen molar-refractivity contribution in [2.75, 3.05) is 0 Å². The summed E-state index contributed by atoms with van der Waals surface area (Å²) in [6.45, 7) is 0. The molecule has 0 aliphatic rings. The summed E-state index contributed by atoms with van der Waals surface area (Å²) in [5.74, 6) is -0.271. The summed E-state index contributed by atoms with van der Waals surface area (Å²) in [4.78, 5) is 17.1. The number of benzene rings is 2. The van der Waals surface area contributed by atoms with Gasteiger partial charge in [-0.1, -0.05) is 23.7 Å². The molecule has 110 valence electrons. The summed E-state index contributed by atoms with van der Waals surface area (Å²) in [6, 6.07) is 16.1. The van der Waals surface area contributed by atoms with Gasteiger partial charge < -0.3 is 0 Å². The van der Waals surface area contributed by atoms with Crippen LogP contribution in [-0.4, -0.2) is 20.4 Å². The van der Waals surface area contributed by atoms with Crippen molar-refractivity contribution in [1.82, 2.24) is 14.6 Å². The van der Waals surface area contributed by atoms with Crippen molar-refractivity contribution >= 4 is 34.1 Å². The Bertz CT molecular complexity index is 1100. The molecule has 4 rings (SSSR count). The fourth-order valence-corrected chi connectivity index (χ4v) is 2.73. The van der Waals surface area contributed by atoms with Gasteiger partial charge in [0.15, 0.2) is 5.65 Å². The second-order valence-corrected chi connectivity index (χ2v) is 5.51. The van der Waals surface area contributed by atoms with Crippen molar-refractivity contribution in [2.45, 2.75) is 0 Å². The van der Waals surface area contributed by atoms with E-state index in [1.54, 1.807) is 28.8 Å². The van der Waals surface area contributed by atoms with Crippen LogP contribution in [0.25, 0.3) is 16.7 Å². The molecular formula is C17H9ClN4O. The standard InChI is InChI=1S/C17H9ClN4O/c18-11-7-5-10(6-8-11)16(23)15-12(9-19)17-20-13-3-1-2-4-14(13)22(17)21-15/h1-8,21H. The lowest BCUT2D eigenvalue weighted by atomic mass is 10.1. The van der Waals surface area contributed by atoms with Crippen LogP contribution in [0.1, 0.15) is 21.6 Å². The number of ketones is 1. The molecule has 0 spiro atoms. The number of hydrogen-bond donors (Lipinski definition) is 1. The average Bonchev–Trinajstić information content (AvgIpc) is 3.10. The summed E-state index contributed by atoms with van der Waals surface area (Å²) < 4.78 is 1.66. The predicted octanol–water partition coefficient (Wildman–Crippen LogP) is 3.57. The molecule has 0 aliphatic carbocycles. The average molecular weight is 321 g/mol. The maximum absolute atomic E-state index is 12.7. The molecule has 0 fully saturated rings. The fraction of sp³-hybridized carbons (Fsp3) is 0. The van der Waals surface area contributed by atoms with Crippen LogP contribution >= 0.6 is 11.6 Å². The lowest BCUT2D eigenvalue weighted by molar-refractivity contribution is 0.103. The van der Waals surface area contributed by atoms with Gasteiger partial charge in [-0.25, -0.2) is 9.50 Å². The molecule has 1 N–H and O–H groups in total. The number of rotatable bonds is 2. The van der Waals surface area contributed by atoms with Crippen LogP contribution in [0.5, 0.6) is 0 Å². The molecule has 0 radical (unpaired) electrons. The van der Waals surface area contributed by atoms with Crippen molar-refractivity contribution in [3.05, 3.63) is 70.4 Å². The van der Waals surface area contributed by atoms with Gasteiger partial charge >= 0.3 is 0 Å². The molecule has 0 amide bonds. The van der Waals surface area contributed by atoms with E-state index in [2.05, 4.69) is 16.2 Å². The first-order valence-electron chi connectivity index (χ1n) is 6.88. The molecule has 0 atom stereocenters. The van der Waals surface area contributed by atoms with E-state index in [4.69, 9.17) is 11.6 Å². The van der Waals surface area contributed by atoms with Crippen molar-refractivity contribution in [1.29, 1.82) is 5.26 Å². The zero-order chi connectivity index (χ0) is 16.0. The highest BCUT2D eigenvalue weighted by molar-refractivity contribution is 6.30. The minimum absolute atomic E-state index is 0.225. The number of carbonyl (C=O) groups excluding carboxylic acids is 1. The highest BCUT2D eigenvalue weighted by atomic mass is 35.5. The first kappa shape index (κ1) is 13.6. The smallest absolute Gasteiger partial charge is 0.212 e. The number of nitrogens with zero attached hydrogens (tertiary/aromatic N) is 3. The summed E-state index contributed by atoms with van der Waals surface area (Å²) in [5, 5.41) is 13.0. The van der Waals surface area contributed by atoms with E-state index in [1.807, 2.05) is 24.3 Å². The molecule has 0 aliphatic heterocycles. The monoisotopic (exact) mass is 320 g/mol. The maximum Gasteiger partial charge on any atom is 0.212 e. The lowest BCUT2D eigenvalue weighted by Crippen LogP contribution is -2.04. The molecule has 6 heteroatoms. The number of hydrogen-bond acceptors (Lipinski definition) is 3. The van der Waals surface area contributed by atoms with Gasteiger partial charge in [0.1, 0.15) is 17.3 Å². The molecule has 4 aromatic rings. The van der Waals surface area contributed by atoms with E-state index >= 15 is 0 Å². The van der Waals surface area contributed by atoms with Crippen LogP contribution in [0.2, 0.25) is 5.02 Å². The Morgan fingerprint density at radius 2 is 1.91 bits per heavy atom. The molecule has 0 saturated heterocycles. The number of nitrogens with one attached hydrogen (secondary N) is 1. The minimum atomic E-state index is -0.271. The number of aromatic nitrogens is 3. The third kappa shape index (κ3) is 2.00. The van der Waals surface area contributed by atoms with E-state index in [1.165, 1.54) is 0 Å². The normalized spacial score (nSPS) is 11.0. The van der Waals surface area contributed by atoms with Gasteiger partial charge in [-0.15, -0.1) is 0 Å². The SMILES string of the molecule is N#Cc1c(C(=O)c2ccc(Cl)cc2)[nH]n2c1nc1ccccc12. The highest BCUT2D eigenvalue weighted by Gasteiger charge is 2.22. The third-order valence-corrected chi connectivity index (χ3v) is 3.96. The zero-order valence-corrected chi connectivity index (χ0v) is 12.5. The Labute approximate surface area is 135 Å². The number of H-pyrrole nitrogens is 1. The predicted molar refractivity (Wildman–Crippen MR) is 86.6 cm³/mol. The second kappa shape index (κ2) is 4.97. The van der Waals surface area contributed by atoms with E-state index in [0.717, 1.165) is 11.0 Å². The number of nitriles is 1. The fourth-order valence-electron chi connectivity index (χ4n) is 2.60. The van der Waals surface area contributed by atoms with Gasteiger partial charge in [-0.3, -0.25) is 9.89 Å². The quantitative estimate of drug-likeness (QED) is 0.574. The Morgan fingerprint density at radius 1 is 1.17 bits per heavy atom. The van der Waals surface area contributed by atoms with E-state index in [0.29, 0.717) is 16.2 Å². The first-order valence-corrected chi connectivity index (χ1v) is 7.26. The van der Waals surface area contributed by atoms with Crippen LogP contribution in [0.3, 0.4) is 0 Å². The summed E-state index contributed by atoms with van der Waals surface area (Å²) >= 11 is 5.85. The molecule has 0 unspecified atom stereocenters. The van der Waals surface area contributed by atoms with Crippen molar-refractivity contribution in [3.8, 4) is 6.07 Å². The largest absolute Gasteiger partial charge is 0.287 e. The molecule has 0 bridgehead atoms. The van der Waals surface area contributed by atoms with Gasteiger partial charge in [0, 0.05) is 10.6 Å². The van der Waals surface area contributed by atoms with Crippen molar-refractivity contribution in [3.63, 3.8) is 0 Å². The van der Waals surface area contributed by atoms with Crippen LogP contribution < -0.4 is 0 Å². The van der Waals surface area contributed by atoms with Crippen LogP contribution in [-0.2, 0) is 0 Å². The van der Waals surface area contributed by atoms with E-state index < -0.39 is 0 Å². The molecule has 2 heterocycles. The molecule has 2 aromatic carbocycles. The van der Waals surface area contributed by atoms with Gasteiger partial charge in [0.25, 0.3) is 0 Å². The Kier molecular flexibility index (Phi) is 2.93. The van der Waals surface area contributed by atoms with Crippen LogP contribution in [0.15, 0.2) is 48.5 Å². The molecule has 23 heavy (non-hydrogen) atoms. The summed E-state index contributed by atoms with van der Waals surface area (Å²) in [5.41, 5.74) is 2.95. The number of aromatic amines is 1. The Morgan fingerprint density at radius 3 is 2.65 bits per heavy atom. The molecule has 0 saturated carbocycles. The number of fused-ring (bicyclic) bond motifs is 3. The van der Waals surface area contributed by atoms with E-state index in [9.17, 15) is 10.1 Å². The topological polar surface area (TPSA) is 74.0 Å². The van der Waals surface area contributed by atoms with Crippen molar-refractivity contribution < 1.29 is 4.79 Å². The molecule has 5 nitrogen and oxygen atoms in total. The number of halogens is 1. The van der Waals surface area contributed by atoms with Crippen LogP contribution in [0.4, 0.5) is 0 Å².